The molecule has 0 unspecified atom stereocenters. The molecule has 0 atom stereocenters. The molecule has 0 bridgehead atoms. The van der Waals surface area contributed by atoms with Crippen molar-refractivity contribution in [2.24, 2.45) is 0 Å². The van der Waals surface area contributed by atoms with Gasteiger partial charge in [-0.3, -0.25) is 29.3 Å². The third kappa shape index (κ3) is 7.62. The molecule has 13 aromatic rings. The minimum Gasteiger partial charge on any atom is -0.454 e. The highest BCUT2D eigenvalue weighted by Crippen LogP contribution is 2.38. The summed E-state index contributed by atoms with van der Waals surface area (Å²) in [5.74, 6) is -1.28. The van der Waals surface area contributed by atoms with Crippen LogP contribution in [0.25, 0.3) is 99.6 Å². The molecule has 0 saturated heterocycles. The van der Waals surface area contributed by atoms with E-state index in [0.29, 0.717) is 50.9 Å². The normalized spacial score (nSPS) is 11.6. The number of fused-ring (bicyclic) bond motifs is 9. The maximum absolute atomic E-state index is 14.7. The first kappa shape index (κ1) is 44.7. The highest BCUT2D eigenvalue weighted by Gasteiger charge is 2.25. The van der Waals surface area contributed by atoms with Crippen LogP contribution in [0.5, 0.6) is 0 Å². The second kappa shape index (κ2) is 17.8. The highest BCUT2D eigenvalue weighted by atomic mass is 16.3. The summed E-state index contributed by atoms with van der Waals surface area (Å²) in [6, 6.07) is 56.4. The minimum absolute atomic E-state index is 0.145. The van der Waals surface area contributed by atoms with Gasteiger partial charge in [-0.25, -0.2) is 0 Å². The first-order valence-corrected chi connectivity index (χ1v) is 24.3. The van der Waals surface area contributed by atoms with E-state index in [9.17, 15) is 14.4 Å². The lowest BCUT2D eigenvalue weighted by Gasteiger charge is -2.22. The highest BCUT2D eigenvalue weighted by molar-refractivity contribution is 6.15. The Morgan fingerprint density at radius 3 is 0.880 bits per heavy atom. The molecule has 6 heterocycles. The number of hydrogen-bond donors (Lipinski definition) is 0. The summed E-state index contributed by atoms with van der Waals surface area (Å²) in [4.78, 5) is 62.5. The van der Waals surface area contributed by atoms with E-state index < -0.39 is 17.7 Å². The van der Waals surface area contributed by atoms with Gasteiger partial charge in [-0.05, 0) is 91.0 Å². The maximum atomic E-state index is 14.7. The Kier molecular flexibility index (Phi) is 10.6. The minimum atomic E-state index is -0.428. The molecule has 13 rings (SSSR count). The fraction of sp³-hybridized carbons (Fsp3) is 0.0476. The van der Waals surface area contributed by atoms with Gasteiger partial charge in [0.2, 0.25) is 0 Å². The number of amides is 3. The first-order valence-electron chi connectivity index (χ1n) is 24.3. The van der Waals surface area contributed by atoms with Crippen molar-refractivity contribution in [3.8, 4) is 33.8 Å². The molecule has 12 nitrogen and oxygen atoms in total. The van der Waals surface area contributed by atoms with Crippen molar-refractivity contribution in [3.05, 3.63) is 217 Å². The lowest BCUT2D eigenvalue weighted by Crippen LogP contribution is -2.31. The number of furan rings is 3. The number of aromatic nitrogens is 3. The SMILES string of the molecule is CN(C(=O)c1cc(C(=O)N(C)c2ccc(-c3nccc4c3oc3ccccc34)cc2)cc(C(=O)N(C)c2ccc(-c3nccc4c3oc3ccccc34)cc2)c1)c1ccc(-c2nccc3c2oc2ccccc23)cc1. The molecule has 6 aromatic heterocycles. The monoisotopic (exact) mass is 978 g/mol. The van der Waals surface area contributed by atoms with E-state index in [1.807, 2.05) is 164 Å². The van der Waals surface area contributed by atoms with E-state index in [1.165, 1.54) is 32.9 Å². The fourth-order valence-electron chi connectivity index (χ4n) is 10.0. The number of benzene rings is 7. The number of nitrogens with zero attached hydrogens (tertiary/aromatic N) is 6. The summed E-state index contributed by atoms with van der Waals surface area (Å²) in [6.45, 7) is 0. The second-order valence-electron chi connectivity index (χ2n) is 18.4. The van der Waals surface area contributed by atoms with Gasteiger partial charge in [-0.1, -0.05) is 91.0 Å². The van der Waals surface area contributed by atoms with E-state index >= 15 is 0 Å². The number of carbonyl (C=O) groups excluding carboxylic acids is 3. The Balaban J connectivity index is 0.818. The topological polar surface area (TPSA) is 139 Å². The summed E-state index contributed by atoms with van der Waals surface area (Å²) >= 11 is 0. The molecule has 75 heavy (non-hydrogen) atoms. The van der Waals surface area contributed by atoms with Crippen LogP contribution in [0.4, 0.5) is 17.1 Å². The molecule has 0 saturated carbocycles. The van der Waals surface area contributed by atoms with Gasteiger partial charge in [0, 0.05) is 122 Å². The molecule has 7 aromatic carbocycles. The summed E-state index contributed by atoms with van der Waals surface area (Å²) in [7, 11) is 4.98. The Labute approximate surface area is 428 Å². The van der Waals surface area contributed by atoms with Gasteiger partial charge in [-0.2, -0.15) is 0 Å². The zero-order chi connectivity index (χ0) is 50.9. The largest absolute Gasteiger partial charge is 0.454 e. The summed E-state index contributed by atoms with van der Waals surface area (Å²) < 4.78 is 18.8. The second-order valence-corrected chi connectivity index (χ2v) is 18.4. The number of rotatable bonds is 9. The van der Waals surface area contributed by atoms with Crippen molar-refractivity contribution >= 4 is 101 Å². The van der Waals surface area contributed by atoms with Gasteiger partial charge >= 0.3 is 0 Å². The predicted molar refractivity (Wildman–Crippen MR) is 295 cm³/mol. The molecule has 0 spiro atoms. The lowest BCUT2D eigenvalue weighted by molar-refractivity contribution is 0.0992. The quantitative estimate of drug-likeness (QED) is 0.138. The molecule has 0 aliphatic rings. The molecule has 0 fully saturated rings. The molecular weight excluding hydrogens is 937 g/mol. The third-order valence-corrected chi connectivity index (χ3v) is 14.1. The zero-order valence-corrected chi connectivity index (χ0v) is 40.7. The van der Waals surface area contributed by atoms with Gasteiger partial charge in [0.05, 0.1) is 0 Å². The Hall–Kier alpha value is -10.2. The molecular formula is C63H42N6O6. The Morgan fingerprint density at radius 1 is 0.333 bits per heavy atom. The van der Waals surface area contributed by atoms with Crippen LogP contribution in [0.1, 0.15) is 31.1 Å². The number of carbonyl (C=O) groups is 3. The van der Waals surface area contributed by atoms with Crippen LogP contribution in [-0.4, -0.2) is 53.8 Å². The standard InChI is InChI=1S/C63H42N6O6/c1-67(43-22-16-37(17-23-43)55-58-49(28-31-64-55)46-10-4-7-13-52(46)73-58)61(70)40-34-41(62(71)68(2)44-24-18-38(19-25-44)56-59-50(29-32-65-56)47-11-5-8-14-53(47)74-59)36-42(35-40)63(72)69(3)45-26-20-39(21-27-45)57-60-51(30-33-66-57)48-12-6-9-15-54(48)75-60/h4-36H,1-3H3. The molecule has 12 heteroatoms. The van der Waals surface area contributed by atoms with Gasteiger partial charge in [-0.15, -0.1) is 0 Å². The fourth-order valence-corrected chi connectivity index (χ4v) is 10.0. The number of para-hydroxylation sites is 3. The number of pyridine rings is 3. The van der Waals surface area contributed by atoms with E-state index in [4.69, 9.17) is 13.3 Å². The van der Waals surface area contributed by atoms with Crippen LogP contribution < -0.4 is 14.7 Å². The van der Waals surface area contributed by atoms with Crippen LogP contribution in [0, 0.1) is 0 Å². The smallest absolute Gasteiger partial charge is 0.258 e. The Bertz CT molecular complexity index is 3960. The van der Waals surface area contributed by atoms with E-state index in [-0.39, 0.29) is 16.7 Å². The van der Waals surface area contributed by atoms with Crippen molar-refractivity contribution in [1.29, 1.82) is 0 Å². The predicted octanol–water partition coefficient (Wildman–Crippen LogP) is 14.4. The van der Waals surface area contributed by atoms with Crippen molar-refractivity contribution < 1.29 is 27.6 Å². The number of anilines is 3. The van der Waals surface area contributed by atoms with Crippen LogP contribution in [0.2, 0.25) is 0 Å². The third-order valence-electron chi connectivity index (χ3n) is 14.1. The number of hydrogen-bond acceptors (Lipinski definition) is 9. The van der Waals surface area contributed by atoms with Crippen LogP contribution in [0.15, 0.2) is 214 Å². The van der Waals surface area contributed by atoms with Gasteiger partial charge < -0.3 is 28.0 Å². The molecule has 0 aliphatic carbocycles. The maximum Gasteiger partial charge on any atom is 0.258 e. The van der Waals surface area contributed by atoms with Crippen LogP contribution in [-0.2, 0) is 0 Å². The van der Waals surface area contributed by atoms with Crippen molar-refractivity contribution in [2.45, 2.75) is 0 Å². The molecule has 3 amide bonds. The summed E-state index contributed by atoms with van der Waals surface area (Å²) in [6.07, 6.45) is 5.29. The lowest BCUT2D eigenvalue weighted by atomic mass is 10.0. The average molecular weight is 979 g/mol. The first-order chi connectivity index (χ1) is 36.7. The van der Waals surface area contributed by atoms with Crippen molar-refractivity contribution in [1.82, 2.24) is 15.0 Å². The van der Waals surface area contributed by atoms with Crippen molar-refractivity contribution in [2.75, 3.05) is 35.8 Å². The van der Waals surface area contributed by atoms with Gasteiger partial charge in [0.1, 0.15) is 33.8 Å². The summed E-state index contributed by atoms with van der Waals surface area (Å²) in [5.41, 5.74) is 11.0. The average Bonchev–Trinajstić information content (AvgIpc) is 4.18. The van der Waals surface area contributed by atoms with E-state index in [2.05, 4.69) is 15.0 Å². The Morgan fingerprint density at radius 2 is 0.600 bits per heavy atom. The van der Waals surface area contributed by atoms with Gasteiger partial charge in [0.25, 0.3) is 17.7 Å². The molecule has 0 aliphatic heterocycles. The van der Waals surface area contributed by atoms with Gasteiger partial charge in [0.15, 0.2) is 16.7 Å². The van der Waals surface area contributed by atoms with E-state index in [1.54, 1.807) is 39.7 Å². The van der Waals surface area contributed by atoms with Crippen molar-refractivity contribution in [3.63, 3.8) is 0 Å². The zero-order valence-electron chi connectivity index (χ0n) is 40.7. The molecule has 360 valence electrons. The summed E-state index contributed by atoms with van der Waals surface area (Å²) in [5, 5.41) is 5.88. The van der Waals surface area contributed by atoms with E-state index in [0.717, 1.165) is 65.8 Å². The molecule has 0 radical (unpaired) electrons. The molecule has 0 N–H and O–H groups in total. The van der Waals surface area contributed by atoms with Crippen LogP contribution >= 0.6 is 0 Å². The van der Waals surface area contributed by atoms with Crippen LogP contribution in [0.3, 0.4) is 0 Å².